The molecule has 0 fully saturated rings. The third kappa shape index (κ3) is 4.46. The zero-order valence-electron chi connectivity index (χ0n) is 11.4. The molecule has 4 heteroatoms. The van der Waals surface area contributed by atoms with Crippen molar-refractivity contribution in [2.75, 3.05) is 5.75 Å². The van der Waals surface area contributed by atoms with E-state index in [-0.39, 0.29) is 17.5 Å². The molecule has 2 aromatic rings. The number of aliphatic carboxylic acids is 1. The van der Waals surface area contributed by atoms with Gasteiger partial charge in [-0.1, -0.05) is 60.7 Å². The summed E-state index contributed by atoms with van der Waals surface area (Å²) in [5.41, 5.74) is 1.55. The van der Waals surface area contributed by atoms with Crippen LogP contribution in [0.5, 0.6) is 0 Å². The molecular weight excluding hydrogens is 284 g/mol. The molecule has 0 aromatic heterocycles. The number of carbonyl (C=O) groups is 2. The van der Waals surface area contributed by atoms with E-state index < -0.39 is 5.97 Å². The van der Waals surface area contributed by atoms with Crippen LogP contribution < -0.4 is 0 Å². The average molecular weight is 300 g/mol. The van der Waals surface area contributed by atoms with Gasteiger partial charge < -0.3 is 5.11 Å². The number of Topliss-reactive ketones (excluding diaryl/α,β-unsaturated/α-hetero) is 1. The van der Waals surface area contributed by atoms with Crippen LogP contribution in [0, 0.1) is 0 Å². The molecule has 21 heavy (non-hydrogen) atoms. The number of hydrogen-bond acceptors (Lipinski definition) is 3. The quantitative estimate of drug-likeness (QED) is 0.790. The van der Waals surface area contributed by atoms with Crippen LogP contribution in [0.4, 0.5) is 0 Å². The summed E-state index contributed by atoms with van der Waals surface area (Å²) in [6, 6.07) is 18.6. The van der Waals surface area contributed by atoms with Crippen molar-refractivity contribution in [2.24, 2.45) is 0 Å². The van der Waals surface area contributed by atoms with Crippen molar-refractivity contribution in [1.29, 1.82) is 0 Å². The lowest BCUT2D eigenvalue weighted by molar-refractivity contribution is -0.136. The molecule has 0 aliphatic heterocycles. The fraction of sp³-hybridized carbons (Fsp3) is 0.176. The van der Waals surface area contributed by atoms with E-state index in [9.17, 15) is 9.59 Å². The highest BCUT2D eigenvalue weighted by Crippen LogP contribution is 2.32. The fourth-order valence-corrected chi connectivity index (χ4v) is 3.13. The molecule has 0 aliphatic carbocycles. The number of ketones is 1. The van der Waals surface area contributed by atoms with E-state index in [1.54, 1.807) is 12.1 Å². The van der Waals surface area contributed by atoms with Crippen LogP contribution in [0.1, 0.15) is 27.6 Å². The highest BCUT2D eigenvalue weighted by Gasteiger charge is 2.22. The predicted octanol–water partition coefficient (Wildman–Crippen LogP) is 3.82. The van der Waals surface area contributed by atoms with Crippen molar-refractivity contribution in [1.82, 2.24) is 0 Å². The monoisotopic (exact) mass is 300 g/mol. The zero-order chi connectivity index (χ0) is 15.1. The largest absolute Gasteiger partial charge is 0.481 e. The van der Waals surface area contributed by atoms with Crippen LogP contribution in [0.2, 0.25) is 0 Å². The number of hydrogen-bond donors (Lipinski definition) is 1. The van der Waals surface area contributed by atoms with Crippen molar-refractivity contribution < 1.29 is 14.7 Å². The summed E-state index contributed by atoms with van der Waals surface area (Å²) in [4.78, 5) is 23.3. The maximum atomic E-state index is 12.7. The molecule has 1 unspecified atom stereocenters. The third-order valence-corrected chi connectivity index (χ3v) is 4.26. The zero-order valence-corrected chi connectivity index (χ0v) is 12.3. The molecule has 0 bridgehead atoms. The van der Waals surface area contributed by atoms with E-state index in [2.05, 4.69) is 0 Å². The lowest BCUT2D eigenvalue weighted by Crippen LogP contribution is -2.11. The van der Waals surface area contributed by atoms with Gasteiger partial charge in [0.15, 0.2) is 5.78 Å². The molecule has 2 rings (SSSR count). The molecule has 0 spiro atoms. The van der Waals surface area contributed by atoms with Crippen LogP contribution in [-0.4, -0.2) is 22.6 Å². The highest BCUT2D eigenvalue weighted by atomic mass is 32.2. The van der Waals surface area contributed by atoms with Gasteiger partial charge in [-0.3, -0.25) is 9.59 Å². The number of rotatable bonds is 7. The van der Waals surface area contributed by atoms with Crippen LogP contribution in [0.3, 0.4) is 0 Å². The molecule has 0 amide bonds. The molecule has 0 radical (unpaired) electrons. The van der Waals surface area contributed by atoms with Crippen molar-refractivity contribution in [2.45, 2.75) is 11.7 Å². The van der Waals surface area contributed by atoms with Gasteiger partial charge in [-0.15, -0.1) is 11.8 Å². The second-order valence-corrected chi connectivity index (χ2v) is 5.75. The Balaban J connectivity index is 2.19. The number of benzene rings is 2. The van der Waals surface area contributed by atoms with Gasteiger partial charge in [-0.25, -0.2) is 0 Å². The Morgan fingerprint density at radius 2 is 1.52 bits per heavy atom. The van der Waals surface area contributed by atoms with Gasteiger partial charge >= 0.3 is 5.97 Å². The molecule has 2 aromatic carbocycles. The number of carboxylic acid groups (broad SMARTS) is 1. The molecule has 0 saturated carbocycles. The fourth-order valence-electron chi connectivity index (χ4n) is 1.97. The number of thioether (sulfide) groups is 1. The summed E-state index contributed by atoms with van der Waals surface area (Å²) in [6.45, 7) is 0. The van der Waals surface area contributed by atoms with Crippen molar-refractivity contribution >= 4 is 23.5 Å². The first-order chi connectivity index (χ1) is 10.2. The second-order valence-electron chi connectivity index (χ2n) is 4.54. The summed E-state index contributed by atoms with van der Waals surface area (Å²) in [7, 11) is 0. The Kier molecular flexibility index (Phi) is 5.58. The third-order valence-electron chi connectivity index (χ3n) is 3.00. The van der Waals surface area contributed by atoms with Crippen LogP contribution in [-0.2, 0) is 4.79 Å². The maximum Gasteiger partial charge on any atom is 0.304 e. The summed E-state index contributed by atoms with van der Waals surface area (Å²) in [5, 5.41) is 8.39. The van der Waals surface area contributed by atoms with Gasteiger partial charge in [-0.2, -0.15) is 0 Å². The minimum atomic E-state index is -0.846. The number of carboxylic acids is 1. The summed E-state index contributed by atoms with van der Waals surface area (Å²) in [5.74, 6) is -0.424. The summed E-state index contributed by atoms with van der Waals surface area (Å²) < 4.78 is 0. The van der Waals surface area contributed by atoms with E-state index in [4.69, 9.17) is 5.11 Å². The van der Waals surface area contributed by atoms with Crippen LogP contribution in [0.25, 0.3) is 0 Å². The molecule has 0 saturated heterocycles. The minimum absolute atomic E-state index is 0.0113. The summed E-state index contributed by atoms with van der Waals surface area (Å²) >= 11 is 1.38. The number of carbonyl (C=O) groups excluding carboxylic acids is 1. The standard InChI is InChI=1S/C17H16O3S/c18-15(19)11-12-21-17(14-9-5-2-6-10-14)16(20)13-7-3-1-4-8-13/h1-10,17H,11-12H2,(H,18,19). The van der Waals surface area contributed by atoms with Crippen molar-refractivity contribution in [3.8, 4) is 0 Å². The Labute approximate surface area is 128 Å². The Hall–Kier alpha value is -2.07. The van der Waals surface area contributed by atoms with Gasteiger partial charge in [0.2, 0.25) is 0 Å². The Bertz CT molecular complexity index is 596. The van der Waals surface area contributed by atoms with E-state index >= 15 is 0 Å². The van der Waals surface area contributed by atoms with Crippen molar-refractivity contribution in [3.63, 3.8) is 0 Å². The molecule has 3 nitrogen and oxygen atoms in total. The second kappa shape index (κ2) is 7.64. The van der Waals surface area contributed by atoms with Gasteiger partial charge in [-0.05, 0) is 5.56 Å². The normalized spacial score (nSPS) is 11.8. The van der Waals surface area contributed by atoms with Crippen LogP contribution in [0.15, 0.2) is 60.7 Å². The van der Waals surface area contributed by atoms with Gasteiger partial charge in [0.25, 0.3) is 0 Å². The molecule has 0 aliphatic rings. The average Bonchev–Trinajstić information content (AvgIpc) is 2.52. The van der Waals surface area contributed by atoms with E-state index in [0.29, 0.717) is 11.3 Å². The topological polar surface area (TPSA) is 54.4 Å². The summed E-state index contributed by atoms with van der Waals surface area (Å²) in [6.07, 6.45) is 0.0517. The Morgan fingerprint density at radius 3 is 2.10 bits per heavy atom. The first-order valence-corrected chi connectivity index (χ1v) is 7.71. The first-order valence-electron chi connectivity index (χ1n) is 6.66. The van der Waals surface area contributed by atoms with E-state index in [0.717, 1.165) is 5.56 Å². The lowest BCUT2D eigenvalue weighted by atomic mass is 10.0. The molecule has 1 N–H and O–H groups in total. The van der Waals surface area contributed by atoms with Crippen LogP contribution >= 0.6 is 11.8 Å². The Morgan fingerprint density at radius 1 is 0.952 bits per heavy atom. The minimum Gasteiger partial charge on any atom is -0.481 e. The molecular formula is C17H16O3S. The maximum absolute atomic E-state index is 12.7. The first kappa shape index (κ1) is 15.3. The highest BCUT2D eigenvalue weighted by molar-refractivity contribution is 8.00. The SMILES string of the molecule is O=C(O)CCSC(C(=O)c1ccccc1)c1ccccc1. The molecule has 0 heterocycles. The van der Waals surface area contributed by atoms with E-state index in [1.165, 1.54) is 11.8 Å². The van der Waals surface area contributed by atoms with Gasteiger partial charge in [0.05, 0.1) is 11.7 Å². The predicted molar refractivity (Wildman–Crippen MR) is 84.7 cm³/mol. The molecule has 108 valence electrons. The van der Waals surface area contributed by atoms with Crippen molar-refractivity contribution in [3.05, 3.63) is 71.8 Å². The smallest absolute Gasteiger partial charge is 0.304 e. The van der Waals surface area contributed by atoms with E-state index in [1.807, 2.05) is 48.5 Å². The van der Waals surface area contributed by atoms with Gasteiger partial charge in [0, 0.05) is 11.3 Å². The molecule has 1 atom stereocenters. The van der Waals surface area contributed by atoms with Gasteiger partial charge in [0.1, 0.15) is 0 Å². The lowest BCUT2D eigenvalue weighted by Gasteiger charge is -2.15.